The Balaban J connectivity index is 1.41. The number of unbranched alkanes of at least 4 members (excludes halogenated alkanes) is 1. The van der Waals surface area contributed by atoms with Crippen molar-refractivity contribution in [3.05, 3.63) is 46.1 Å². The van der Waals surface area contributed by atoms with Crippen LogP contribution >= 0.6 is 0 Å². The van der Waals surface area contributed by atoms with Crippen LogP contribution in [-0.2, 0) is 17.7 Å². The summed E-state index contributed by atoms with van der Waals surface area (Å²) in [5.74, 6) is 1.02. The molecule has 4 rings (SSSR count). The van der Waals surface area contributed by atoms with Crippen LogP contribution in [-0.4, -0.2) is 44.6 Å². The first-order chi connectivity index (χ1) is 15.9. The van der Waals surface area contributed by atoms with Crippen molar-refractivity contribution in [2.75, 3.05) is 13.1 Å². The van der Waals surface area contributed by atoms with Crippen LogP contribution in [0.4, 0.5) is 4.79 Å². The van der Waals surface area contributed by atoms with E-state index < -0.39 is 5.60 Å². The smallest absolute Gasteiger partial charge is 0.407 e. The van der Waals surface area contributed by atoms with Crippen molar-refractivity contribution in [1.82, 2.24) is 25.2 Å². The molecule has 0 aromatic carbocycles. The number of carbonyl (C=O) groups excluding carboxylic acids is 1. The Labute approximate surface area is 196 Å². The zero-order chi connectivity index (χ0) is 23.3. The van der Waals surface area contributed by atoms with E-state index >= 15 is 0 Å². The fraction of sp³-hybridized carbons (Fsp3) is 0.577. The first kappa shape index (κ1) is 23.5. The zero-order valence-electron chi connectivity index (χ0n) is 20.2. The highest BCUT2D eigenvalue weighted by atomic mass is 16.6. The number of ether oxygens (including phenoxy) is 1. The van der Waals surface area contributed by atoms with Crippen LogP contribution in [0, 0.1) is 0 Å². The van der Waals surface area contributed by atoms with Crippen LogP contribution in [0.15, 0.2) is 18.3 Å². The fourth-order valence-corrected chi connectivity index (χ4v) is 4.71. The van der Waals surface area contributed by atoms with Gasteiger partial charge >= 0.3 is 6.09 Å². The van der Waals surface area contributed by atoms with Gasteiger partial charge in [-0.3, -0.25) is 9.88 Å². The molecule has 2 aromatic rings. The molecular formula is C26H37N5O2. The molecule has 7 heteroatoms. The molecule has 1 amide bonds. The number of alkyl carbamates (subject to hydrolysis) is 1. The lowest BCUT2D eigenvalue weighted by molar-refractivity contribution is 0.0526. The number of hydrogen-bond donors (Lipinski definition) is 2. The number of rotatable bonds is 8. The number of aryl methyl sites for hydroxylation is 1. The minimum absolute atomic E-state index is 0.295. The van der Waals surface area contributed by atoms with Gasteiger partial charge in [0.2, 0.25) is 0 Å². The lowest BCUT2D eigenvalue weighted by Crippen LogP contribution is -2.34. The molecule has 0 spiro atoms. The molecule has 2 N–H and O–H groups in total. The Morgan fingerprint density at radius 3 is 2.94 bits per heavy atom. The summed E-state index contributed by atoms with van der Waals surface area (Å²) >= 11 is 0. The van der Waals surface area contributed by atoms with Crippen molar-refractivity contribution in [3.8, 4) is 0 Å². The molecule has 0 saturated carbocycles. The molecular weight excluding hydrogens is 414 g/mol. The second kappa shape index (κ2) is 10.5. The third-order valence-electron chi connectivity index (χ3n) is 6.16. The Kier molecular flexibility index (Phi) is 7.48. The number of nitrogens with one attached hydrogen (secondary N) is 2. The molecule has 2 aromatic heterocycles. The topological polar surface area (TPSA) is 83.1 Å². The van der Waals surface area contributed by atoms with E-state index in [1.165, 1.54) is 17.7 Å². The Hall–Kier alpha value is -2.67. The lowest BCUT2D eigenvalue weighted by atomic mass is 9.90. The summed E-state index contributed by atoms with van der Waals surface area (Å²) in [6, 6.07) is 4.55. The number of imidazole rings is 1. The summed E-state index contributed by atoms with van der Waals surface area (Å²) < 4.78 is 5.33. The molecule has 178 valence electrons. The number of pyridine rings is 1. The molecule has 2 aliphatic rings. The van der Waals surface area contributed by atoms with E-state index in [1.54, 1.807) is 0 Å². The largest absolute Gasteiger partial charge is 0.444 e. The quantitative estimate of drug-likeness (QED) is 0.602. The van der Waals surface area contributed by atoms with Crippen molar-refractivity contribution in [1.29, 1.82) is 0 Å². The van der Waals surface area contributed by atoms with Gasteiger partial charge in [-0.1, -0.05) is 18.2 Å². The first-order valence-corrected chi connectivity index (χ1v) is 12.3. The third kappa shape index (κ3) is 6.44. The minimum Gasteiger partial charge on any atom is -0.444 e. The van der Waals surface area contributed by atoms with Gasteiger partial charge in [0.25, 0.3) is 0 Å². The summed E-state index contributed by atoms with van der Waals surface area (Å²) in [7, 11) is 0. The van der Waals surface area contributed by atoms with Crippen LogP contribution < -0.4 is 16.0 Å². The number of amides is 1. The van der Waals surface area contributed by atoms with Crippen LogP contribution in [0.1, 0.15) is 82.4 Å². The highest BCUT2D eigenvalue weighted by Gasteiger charge is 2.27. The maximum Gasteiger partial charge on any atom is 0.407 e. The summed E-state index contributed by atoms with van der Waals surface area (Å²) in [5.41, 5.74) is 2.11. The summed E-state index contributed by atoms with van der Waals surface area (Å²) in [4.78, 5) is 27.6. The number of nitrogens with zero attached hydrogens (tertiary/aromatic N) is 3. The molecule has 0 aliphatic heterocycles. The van der Waals surface area contributed by atoms with Crippen molar-refractivity contribution in [3.63, 3.8) is 0 Å². The van der Waals surface area contributed by atoms with Gasteiger partial charge in [-0.25, -0.2) is 9.78 Å². The van der Waals surface area contributed by atoms with Gasteiger partial charge in [0.05, 0.1) is 29.0 Å². The second-order valence-electron chi connectivity index (χ2n) is 10.0. The predicted molar refractivity (Wildman–Crippen MR) is 130 cm³/mol. The zero-order valence-corrected chi connectivity index (χ0v) is 20.2. The van der Waals surface area contributed by atoms with Crippen molar-refractivity contribution in [2.24, 2.45) is 0 Å². The van der Waals surface area contributed by atoms with E-state index in [4.69, 9.17) is 14.7 Å². The van der Waals surface area contributed by atoms with Crippen LogP contribution in [0.2, 0.25) is 0 Å². The molecule has 0 radical (unpaired) electrons. The average molecular weight is 452 g/mol. The molecule has 2 aliphatic carbocycles. The van der Waals surface area contributed by atoms with E-state index in [9.17, 15) is 4.79 Å². The number of aromatic amines is 1. The first-order valence-electron chi connectivity index (χ1n) is 12.3. The van der Waals surface area contributed by atoms with Gasteiger partial charge in [-0.15, -0.1) is 0 Å². The van der Waals surface area contributed by atoms with Crippen molar-refractivity contribution < 1.29 is 9.53 Å². The van der Waals surface area contributed by atoms with Gasteiger partial charge in [0.1, 0.15) is 11.4 Å². The predicted octanol–water partition coefficient (Wildman–Crippen LogP) is 3.34. The summed E-state index contributed by atoms with van der Waals surface area (Å²) in [5, 5.41) is 5.11. The lowest BCUT2D eigenvalue weighted by Gasteiger charge is -2.34. The normalized spacial score (nSPS) is 17.5. The number of carbonyl (C=O) groups is 1. The second-order valence-corrected chi connectivity index (χ2v) is 10.0. The Morgan fingerprint density at radius 1 is 1.27 bits per heavy atom. The van der Waals surface area contributed by atoms with Gasteiger partial charge in [0.15, 0.2) is 0 Å². The standard InChI is InChI=1S/C26H37N5O2/c1-26(2,3)33-25(32)28-15-6-7-17-31(18-23-29-20-12-4-5-13-21(20)30-23)22-14-8-10-19-11-9-16-27-24(19)22/h9,11-13,16,22H,4-8,10,14-15,17-18H2,1-3H3,(H,28,32)(H,29,30). The molecule has 0 fully saturated rings. The van der Waals surface area contributed by atoms with E-state index in [-0.39, 0.29) is 6.09 Å². The maximum atomic E-state index is 11.9. The molecule has 0 saturated heterocycles. The molecule has 0 bridgehead atoms. The van der Waals surface area contributed by atoms with Crippen LogP contribution in [0.5, 0.6) is 0 Å². The Morgan fingerprint density at radius 2 is 2.12 bits per heavy atom. The SMILES string of the molecule is CC(C)(C)OC(=O)NCCCCN(Cc1nc2c([nH]1)=CCCC=2)C1CCCc2cccnc21. The maximum absolute atomic E-state index is 11.9. The molecule has 7 nitrogen and oxygen atoms in total. The molecule has 1 unspecified atom stereocenters. The fourth-order valence-electron chi connectivity index (χ4n) is 4.71. The van der Waals surface area contributed by atoms with Crippen LogP contribution in [0.25, 0.3) is 12.2 Å². The van der Waals surface area contributed by atoms with Gasteiger partial charge in [-0.2, -0.15) is 0 Å². The summed E-state index contributed by atoms with van der Waals surface area (Å²) in [6.45, 7) is 7.94. The highest BCUT2D eigenvalue weighted by Crippen LogP contribution is 2.33. The third-order valence-corrected chi connectivity index (χ3v) is 6.16. The van der Waals surface area contributed by atoms with E-state index in [1.807, 2.05) is 33.0 Å². The van der Waals surface area contributed by atoms with E-state index in [0.717, 1.165) is 68.1 Å². The number of aromatic nitrogens is 3. The molecule has 2 heterocycles. The van der Waals surface area contributed by atoms with Crippen molar-refractivity contribution >= 4 is 18.2 Å². The summed E-state index contributed by atoms with van der Waals surface area (Å²) in [6.07, 6.45) is 13.4. The van der Waals surface area contributed by atoms with Gasteiger partial charge < -0.3 is 15.0 Å². The minimum atomic E-state index is -0.473. The van der Waals surface area contributed by atoms with Crippen molar-refractivity contribution in [2.45, 2.75) is 83.9 Å². The Bertz CT molecular complexity index is 1040. The molecule has 1 atom stereocenters. The molecule has 33 heavy (non-hydrogen) atoms. The number of fused-ring (bicyclic) bond motifs is 2. The average Bonchev–Trinajstić information content (AvgIpc) is 3.19. The number of H-pyrrole nitrogens is 1. The highest BCUT2D eigenvalue weighted by molar-refractivity contribution is 5.67. The number of hydrogen-bond acceptors (Lipinski definition) is 5. The van der Waals surface area contributed by atoms with Gasteiger partial charge in [0, 0.05) is 12.7 Å². The monoisotopic (exact) mass is 451 g/mol. The van der Waals surface area contributed by atoms with Gasteiger partial charge in [-0.05, 0) is 83.9 Å². The van der Waals surface area contributed by atoms with Crippen LogP contribution in [0.3, 0.4) is 0 Å². The van der Waals surface area contributed by atoms with E-state index in [0.29, 0.717) is 12.6 Å². The van der Waals surface area contributed by atoms with E-state index in [2.05, 4.69) is 33.4 Å².